The molecule has 8 heteroatoms. The first-order valence-corrected chi connectivity index (χ1v) is 10.6. The standard InChI is InChI=1S/C20H21ClN2O4S/c1-3-4-10-23-15-16(20(8-5-9-20)27-18(15)25)28-19(23)22-17(24)13-11-12(21)6-7-14(13)26-2/h6-7,11H,3-5,8-10H2,1-2H3. The average Bonchev–Trinajstić information content (AvgIpc) is 3.14. The van der Waals surface area contributed by atoms with Crippen LogP contribution in [0.3, 0.4) is 0 Å². The molecule has 1 fully saturated rings. The van der Waals surface area contributed by atoms with Gasteiger partial charge in [-0.25, -0.2) is 4.79 Å². The van der Waals surface area contributed by atoms with Crippen LogP contribution in [0.2, 0.25) is 5.02 Å². The zero-order chi connectivity index (χ0) is 19.9. The van der Waals surface area contributed by atoms with Gasteiger partial charge >= 0.3 is 5.97 Å². The van der Waals surface area contributed by atoms with E-state index in [2.05, 4.69) is 11.9 Å². The molecule has 2 aromatic rings. The summed E-state index contributed by atoms with van der Waals surface area (Å²) in [7, 11) is 1.50. The summed E-state index contributed by atoms with van der Waals surface area (Å²) in [6, 6.07) is 4.85. The van der Waals surface area contributed by atoms with E-state index < -0.39 is 11.5 Å². The van der Waals surface area contributed by atoms with Crippen LogP contribution >= 0.6 is 22.9 Å². The highest BCUT2D eigenvalue weighted by molar-refractivity contribution is 7.09. The lowest BCUT2D eigenvalue weighted by molar-refractivity contribution is -0.0519. The van der Waals surface area contributed by atoms with Gasteiger partial charge in [0.15, 0.2) is 4.80 Å². The first kappa shape index (κ1) is 19.2. The second kappa shape index (κ2) is 7.37. The number of hydrogen-bond acceptors (Lipinski definition) is 5. The van der Waals surface area contributed by atoms with E-state index in [4.69, 9.17) is 21.1 Å². The van der Waals surface area contributed by atoms with E-state index in [1.807, 2.05) is 4.57 Å². The van der Waals surface area contributed by atoms with Crippen LogP contribution in [0.15, 0.2) is 23.2 Å². The Bertz CT molecular complexity index is 1020. The van der Waals surface area contributed by atoms with Gasteiger partial charge < -0.3 is 14.0 Å². The van der Waals surface area contributed by atoms with Gasteiger partial charge in [-0.05, 0) is 43.9 Å². The fourth-order valence-electron chi connectivity index (χ4n) is 3.63. The number of methoxy groups -OCH3 is 1. The predicted octanol–water partition coefficient (Wildman–Crippen LogP) is 4.30. The molecule has 1 aliphatic carbocycles. The SMILES string of the molecule is CCCCn1c2c(sc1=NC(=O)c1cc(Cl)ccc1OC)C1(CCC1)OC2=O. The Labute approximate surface area is 171 Å². The molecule has 0 N–H and O–H groups in total. The molecule has 1 aliphatic heterocycles. The van der Waals surface area contributed by atoms with Gasteiger partial charge in [0.05, 0.1) is 17.6 Å². The Morgan fingerprint density at radius 2 is 2.21 bits per heavy atom. The quantitative estimate of drug-likeness (QED) is 0.676. The molecular weight excluding hydrogens is 400 g/mol. The molecule has 2 heterocycles. The zero-order valence-corrected chi connectivity index (χ0v) is 17.4. The highest BCUT2D eigenvalue weighted by atomic mass is 35.5. The van der Waals surface area contributed by atoms with Crippen molar-refractivity contribution in [2.45, 2.75) is 51.2 Å². The molecule has 1 aromatic heterocycles. The average molecular weight is 421 g/mol. The summed E-state index contributed by atoms with van der Waals surface area (Å²) in [6.45, 7) is 2.70. The van der Waals surface area contributed by atoms with Gasteiger partial charge in [-0.1, -0.05) is 36.3 Å². The number of thiazole rings is 1. The Balaban J connectivity index is 1.82. The van der Waals surface area contributed by atoms with Crippen LogP contribution < -0.4 is 9.54 Å². The lowest BCUT2D eigenvalue weighted by Gasteiger charge is -2.35. The smallest absolute Gasteiger partial charge is 0.357 e. The third-order valence-corrected chi connectivity index (χ3v) is 6.79. The van der Waals surface area contributed by atoms with Gasteiger partial charge in [0, 0.05) is 11.6 Å². The van der Waals surface area contributed by atoms with Gasteiger partial charge in [-0.2, -0.15) is 4.99 Å². The van der Waals surface area contributed by atoms with E-state index in [1.54, 1.807) is 18.2 Å². The van der Waals surface area contributed by atoms with E-state index in [9.17, 15) is 9.59 Å². The molecule has 1 saturated carbocycles. The summed E-state index contributed by atoms with van der Waals surface area (Å²) in [6.07, 6.45) is 4.54. The molecular formula is C20H21ClN2O4S. The van der Waals surface area contributed by atoms with Crippen molar-refractivity contribution in [2.75, 3.05) is 7.11 Å². The zero-order valence-electron chi connectivity index (χ0n) is 15.8. The molecule has 0 bridgehead atoms. The van der Waals surface area contributed by atoms with Crippen molar-refractivity contribution in [1.82, 2.24) is 4.57 Å². The number of fused-ring (bicyclic) bond motifs is 2. The Morgan fingerprint density at radius 1 is 1.43 bits per heavy atom. The fraction of sp³-hybridized carbons (Fsp3) is 0.450. The second-order valence-electron chi connectivity index (χ2n) is 7.07. The minimum Gasteiger partial charge on any atom is -0.496 e. The number of carbonyl (C=O) groups excluding carboxylic acids is 2. The van der Waals surface area contributed by atoms with Crippen LogP contribution in [0.5, 0.6) is 5.75 Å². The summed E-state index contributed by atoms with van der Waals surface area (Å²) in [5.74, 6) is -0.339. The molecule has 0 atom stereocenters. The number of amides is 1. The Hall–Kier alpha value is -2.12. The lowest BCUT2D eigenvalue weighted by Crippen LogP contribution is -2.33. The maximum atomic E-state index is 12.9. The second-order valence-corrected chi connectivity index (χ2v) is 8.48. The number of aromatic nitrogens is 1. The molecule has 6 nitrogen and oxygen atoms in total. The first-order valence-electron chi connectivity index (χ1n) is 9.39. The molecule has 1 spiro atoms. The number of halogens is 1. The number of ether oxygens (including phenoxy) is 2. The van der Waals surface area contributed by atoms with Crippen LogP contribution in [0.25, 0.3) is 0 Å². The summed E-state index contributed by atoms with van der Waals surface area (Å²) < 4.78 is 12.8. The third-order valence-electron chi connectivity index (χ3n) is 5.29. The van der Waals surface area contributed by atoms with Gasteiger partial charge in [0.25, 0.3) is 5.91 Å². The summed E-state index contributed by atoms with van der Waals surface area (Å²) in [4.78, 5) is 31.2. The van der Waals surface area contributed by atoms with E-state index in [1.165, 1.54) is 18.4 Å². The molecule has 0 saturated heterocycles. The molecule has 4 rings (SSSR count). The topological polar surface area (TPSA) is 69.9 Å². The molecule has 148 valence electrons. The van der Waals surface area contributed by atoms with Crippen LogP contribution in [0, 0.1) is 0 Å². The third kappa shape index (κ3) is 3.06. The van der Waals surface area contributed by atoms with E-state index >= 15 is 0 Å². The fourth-order valence-corrected chi connectivity index (χ4v) is 5.12. The summed E-state index contributed by atoms with van der Waals surface area (Å²) in [5.41, 5.74) is 0.351. The van der Waals surface area contributed by atoms with Crippen LogP contribution in [0.4, 0.5) is 0 Å². The maximum Gasteiger partial charge on any atom is 0.357 e. The number of rotatable bonds is 5. The monoisotopic (exact) mass is 420 g/mol. The predicted molar refractivity (Wildman–Crippen MR) is 106 cm³/mol. The Kier molecular flexibility index (Phi) is 5.05. The van der Waals surface area contributed by atoms with Crippen molar-refractivity contribution in [3.8, 4) is 5.75 Å². The van der Waals surface area contributed by atoms with E-state index in [-0.39, 0.29) is 5.97 Å². The van der Waals surface area contributed by atoms with Gasteiger partial charge in [-0.15, -0.1) is 0 Å². The first-order chi connectivity index (χ1) is 13.5. The van der Waals surface area contributed by atoms with Crippen molar-refractivity contribution in [3.05, 3.63) is 44.2 Å². The molecule has 2 aliphatic rings. The number of hydrogen-bond donors (Lipinski definition) is 0. The normalized spacial score (nSPS) is 17.4. The van der Waals surface area contributed by atoms with Crippen molar-refractivity contribution in [3.63, 3.8) is 0 Å². The van der Waals surface area contributed by atoms with Crippen molar-refractivity contribution < 1.29 is 19.1 Å². The van der Waals surface area contributed by atoms with Gasteiger partial charge in [0.1, 0.15) is 17.0 Å². The largest absolute Gasteiger partial charge is 0.496 e. The highest BCUT2D eigenvalue weighted by Crippen LogP contribution is 2.51. The lowest BCUT2D eigenvalue weighted by atomic mass is 9.79. The highest BCUT2D eigenvalue weighted by Gasteiger charge is 2.53. The molecule has 28 heavy (non-hydrogen) atoms. The van der Waals surface area contributed by atoms with Crippen molar-refractivity contribution in [1.29, 1.82) is 0 Å². The molecule has 1 amide bonds. The molecule has 1 aromatic carbocycles. The van der Waals surface area contributed by atoms with Gasteiger partial charge in [0.2, 0.25) is 0 Å². The molecule has 0 radical (unpaired) electrons. The maximum absolute atomic E-state index is 12.9. The number of unbranched alkanes of at least 4 members (excludes halogenated alkanes) is 1. The summed E-state index contributed by atoms with van der Waals surface area (Å²) in [5, 5.41) is 0.434. The number of carbonyl (C=O) groups is 2. The number of esters is 1. The van der Waals surface area contributed by atoms with Crippen LogP contribution in [-0.4, -0.2) is 23.6 Å². The Morgan fingerprint density at radius 3 is 2.86 bits per heavy atom. The van der Waals surface area contributed by atoms with Crippen molar-refractivity contribution >= 4 is 34.8 Å². The minimum atomic E-state index is -0.504. The van der Waals surface area contributed by atoms with Crippen LogP contribution in [-0.2, 0) is 16.9 Å². The number of benzene rings is 1. The van der Waals surface area contributed by atoms with E-state index in [0.29, 0.717) is 33.4 Å². The van der Waals surface area contributed by atoms with Gasteiger partial charge in [-0.3, -0.25) is 4.79 Å². The molecule has 0 unspecified atom stereocenters. The summed E-state index contributed by atoms with van der Waals surface area (Å²) >= 11 is 7.43. The number of nitrogens with zero attached hydrogens (tertiary/aromatic N) is 2. The van der Waals surface area contributed by atoms with E-state index in [0.717, 1.165) is 37.0 Å². The van der Waals surface area contributed by atoms with Crippen molar-refractivity contribution in [2.24, 2.45) is 4.99 Å². The minimum absolute atomic E-state index is 0.298. The van der Waals surface area contributed by atoms with Crippen LogP contribution in [0.1, 0.15) is 64.8 Å².